The van der Waals surface area contributed by atoms with Gasteiger partial charge in [0.2, 0.25) is 0 Å². The van der Waals surface area contributed by atoms with E-state index in [1.807, 2.05) is 0 Å². The number of aliphatic hydroxyl groups is 8. The molecule has 0 aromatic heterocycles. The standard InChI is InChI=1S/C13H26O12S/c14-3-8(18)10-5(1-6(16)11(10)20)2-7(17)13(25-26(22,23)24)12(21)9(19)4-15/h5-21H,1-4H2,(H,22,23,24)/t5?,6-,7+,8+,9-,10+,11-,12-,13-/m1/s1. The Kier molecular flexibility index (Phi) is 8.76. The molecular weight excluding hydrogens is 380 g/mol. The fourth-order valence-electron chi connectivity index (χ4n) is 3.32. The molecule has 0 aromatic carbocycles. The molecule has 0 spiro atoms. The lowest BCUT2D eigenvalue weighted by molar-refractivity contribution is -0.112. The molecule has 12 nitrogen and oxygen atoms in total. The highest BCUT2D eigenvalue weighted by molar-refractivity contribution is 7.80. The van der Waals surface area contributed by atoms with E-state index in [1.54, 1.807) is 0 Å². The lowest BCUT2D eigenvalue weighted by Gasteiger charge is -2.32. The van der Waals surface area contributed by atoms with Gasteiger partial charge in [0.1, 0.15) is 18.3 Å². The van der Waals surface area contributed by atoms with Crippen LogP contribution in [0.15, 0.2) is 0 Å². The maximum atomic E-state index is 10.9. The van der Waals surface area contributed by atoms with Crippen LogP contribution in [0.5, 0.6) is 0 Å². The van der Waals surface area contributed by atoms with Crippen molar-refractivity contribution in [1.82, 2.24) is 0 Å². The average Bonchev–Trinajstić information content (AvgIpc) is 2.83. The Bertz CT molecular complexity index is 527. The van der Waals surface area contributed by atoms with Crippen molar-refractivity contribution in [3.63, 3.8) is 0 Å². The fraction of sp³-hybridized carbons (Fsp3) is 1.00. The molecule has 9 atom stereocenters. The van der Waals surface area contributed by atoms with Gasteiger partial charge in [0.15, 0.2) is 0 Å². The molecule has 13 heteroatoms. The van der Waals surface area contributed by atoms with Gasteiger partial charge in [0, 0.05) is 5.92 Å². The van der Waals surface area contributed by atoms with Crippen molar-refractivity contribution >= 4 is 10.4 Å². The van der Waals surface area contributed by atoms with E-state index in [4.69, 9.17) is 14.8 Å². The third-order valence-electron chi connectivity index (χ3n) is 4.58. The summed E-state index contributed by atoms with van der Waals surface area (Å²) in [6.07, 6.45) is -12.6. The van der Waals surface area contributed by atoms with E-state index in [9.17, 15) is 39.1 Å². The molecule has 0 bridgehead atoms. The molecule has 1 rings (SSSR count). The lowest BCUT2D eigenvalue weighted by atomic mass is 9.84. The van der Waals surface area contributed by atoms with Crippen LogP contribution in [0.2, 0.25) is 0 Å². The molecule has 0 amide bonds. The average molecular weight is 406 g/mol. The first-order valence-corrected chi connectivity index (χ1v) is 9.25. The van der Waals surface area contributed by atoms with Crippen molar-refractivity contribution in [1.29, 1.82) is 0 Å². The van der Waals surface area contributed by atoms with Crippen LogP contribution in [0.1, 0.15) is 12.8 Å². The Morgan fingerprint density at radius 2 is 1.58 bits per heavy atom. The quantitative estimate of drug-likeness (QED) is 0.156. The molecule has 1 aliphatic rings. The van der Waals surface area contributed by atoms with Gasteiger partial charge in [-0.3, -0.25) is 4.55 Å². The highest BCUT2D eigenvalue weighted by Gasteiger charge is 2.47. The van der Waals surface area contributed by atoms with Crippen molar-refractivity contribution in [2.75, 3.05) is 13.2 Å². The molecule has 0 heterocycles. The molecule has 156 valence electrons. The Morgan fingerprint density at radius 1 is 1.00 bits per heavy atom. The van der Waals surface area contributed by atoms with Crippen molar-refractivity contribution in [3.05, 3.63) is 0 Å². The van der Waals surface area contributed by atoms with Crippen molar-refractivity contribution in [2.45, 2.75) is 55.6 Å². The van der Waals surface area contributed by atoms with Crippen LogP contribution in [-0.4, -0.2) is 110 Å². The largest absolute Gasteiger partial charge is 0.397 e. The highest BCUT2D eigenvalue weighted by Crippen LogP contribution is 2.38. The number of rotatable bonds is 10. The third kappa shape index (κ3) is 6.03. The molecule has 1 saturated carbocycles. The summed E-state index contributed by atoms with van der Waals surface area (Å²) in [7, 11) is -5.15. The molecule has 1 unspecified atom stereocenters. The zero-order valence-electron chi connectivity index (χ0n) is 13.7. The molecule has 1 fully saturated rings. The number of hydrogen-bond acceptors (Lipinski definition) is 11. The highest BCUT2D eigenvalue weighted by atomic mass is 32.3. The van der Waals surface area contributed by atoms with Gasteiger partial charge in [-0.25, -0.2) is 4.18 Å². The van der Waals surface area contributed by atoms with Gasteiger partial charge in [-0.05, 0) is 18.8 Å². The van der Waals surface area contributed by atoms with E-state index < -0.39 is 84.6 Å². The summed E-state index contributed by atoms with van der Waals surface area (Å²) in [5, 5.41) is 76.9. The summed E-state index contributed by atoms with van der Waals surface area (Å²) in [5.41, 5.74) is 0. The summed E-state index contributed by atoms with van der Waals surface area (Å²) in [6.45, 7) is -1.73. The molecule has 0 aliphatic heterocycles. The van der Waals surface area contributed by atoms with Crippen LogP contribution in [0.4, 0.5) is 0 Å². The first-order valence-electron chi connectivity index (χ1n) is 7.88. The molecule has 26 heavy (non-hydrogen) atoms. The van der Waals surface area contributed by atoms with Gasteiger partial charge in [0.05, 0.1) is 37.6 Å². The second kappa shape index (κ2) is 9.66. The molecule has 1 aliphatic carbocycles. The van der Waals surface area contributed by atoms with Crippen LogP contribution < -0.4 is 0 Å². The number of hydrogen-bond donors (Lipinski definition) is 9. The van der Waals surface area contributed by atoms with Crippen LogP contribution >= 0.6 is 0 Å². The lowest BCUT2D eigenvalue weighted by Crippen LogP contribution is -2.49. The normalized spacial score (nSPS) is 32.8. The van der Waals surface area contributed by atoms with Crippen molar-refractivity contribution in [3.8, 4) is 0 Å². The van der Waals surface area contributed by atoms with Crippen LogP contribution in [0, 0.1) is 11.8 Å². The predicted molar refractivity (Wildman–Crippen MR) is 82.8 cm³/mol. The summed E-state index contributed by atoms with van der Waals surface area (Å²) in [6, 6.07) is 0. The Hall–Kier alpha value is -0.450. The number of aliphatic hydroxyl groups excluding tert-OH is 8. The van der Waals surface area contributed by atoms with Gasteiger partial charge < -0.3 is 40.9 Å². The second-order valence-corrected chi connectivity index (χ2v) is 7.46. The monoisotopic (exact) mass is 406 g/mol. The van der Waals surface area contributed by atoms with Crippen LogP contribution in [-0.2, 0) is 14.6 Å². The van der Waals surface area contributed by atoms with Gasteiger partial charge in [0.25, 0.3) is 0 Å². The maximum absolute atomic E-state index is 10.9. The van der Waals surface area contributed by atoms with E-state index in [0.29, 0.717) is 0 Å². The Balaban J connectivity index is 2.98. The minimum atomic E-state index is -5.15. The predicted octanol–water partition coefficient (Wildman–Crippen LogP) is -4.65. The summed E-state index contributed by atoms with van der Waals surface area (Å²) >= 11 is 0. The van der Waals surface area contributed by atoms with Gasteiger partial charge in [-0.15, -0.1) is 0 Å². The molecular formula is C13H26O12S. The first kappa shape index (κ1) is 23.6. The fourth-order valence-corrected chi connectivity index (χ4v) is 3.84. The Labute approximate surface area is 149 Å². The first-order chi connectivity index (χ1) is 11.9. The van der Waals surface area contributed by atoms with Crippen LogP contribution in [0.3, 0.4) is 0 Å². The summed E-state index contributed by atoms with van der Waals surface area (Å²) in [4.78, 5) is 0. The maximum Gasteiger partial charge on any atom is 0.397 e. The van der Waals surface area contributed by atoms with Crippen molar-refractivity contribution < 1.29 is 58.0 Å². The zero-order chi connectivity index (χ0) is 20.2. The second-order valence-electron chi connectivity index (χ2n) is 6.41. The van der Waals surface area contributed by atoms with E-state index >= 15 is 0 Å². The van der Waals surface area contributed by atoms with Gasteiger partial charge in [-0.1, -0.05) is 0 Å². The molecule has 0 saturated heterocycles. The van der Waals surface area contributed by atoms with Crippen molar-refractivity contribution in [2.24, 2.45) is 11.8 Å². The minimum Gasteiger partial charge on any atom is -0.394 e. The summed E-state index contributed by atoms with van der Waals surface area (Å²) < 4.78 is 34.9. The smallest absolute Gasteiger partial charge is 0.394 e. The van der Waals surface area contributed by atoms with E-state index in [-0.39, 0.29) is 6.42 Å². The van der Waals surface area contributed by atoms with E-state index in [2.05, 4.69) is 4.18 Å². The minimum absolute atomic E-state index is 0.114. The molecule has 9 N–H and O–H groups in total. The Morgan fingerprint density at radius 3 is 2.04 bits per heavy atom. The topological polar surface area (TPSA) is 225 Å². The van der Waals surface area contributed by atoms with Gasteiger partial charge >= 0.3 is 10.4 Å². The molecule has 0 aromatic rings. The SMILES string of the molecule is O=S(=O)(O)O[C@@H]([C@H](O)[C@H](O)CO)[C@@H](O)CC1C[C@@H](O)[C@@H](O)[C@@H]1[C@@H](O)CO. The summed E-state index contributed by atoms with van der Waals surface area (Å²) in [5.74, 6) is -1.88. The van der Waals surface area contributed by atoms with Gasteiger partial charge in [-0.2, -0.15) is 8.42 Å². The van der Waals surface area contributed by atoms with E-state index in [1.165, 1.54) is 0 Å². The zero-order valence-corrected chi connectivity index (χ0v) is 14.5. The molecule has 0 radical (unpaired) electrons. The van der Waals surface area contributed by atoms with E-state index in [0.717, 1.165) is 0 Å². The third-order valence-corrected chi connectivity index (χ3v) is 5.05. The van der Waals surface area contributed by atoms with Crippen LogP contribution in [0.25, 0.3) is 0 Å².